The quantitative estimate of drug-likeness (QED) is 0.818. The van der Waals surface area contributed by atoms with Crippen molar-refractivity contribution in [2.75, 3.05) is 11.9 Å². The van der Waals surface area contributed by atoms with Gasteiger partial charge in [0, 0.05) is 12.1 Å². The Hall–Kier alpha value is -1.42. The van der Waals surface area contributed by atoms with E-state index in [4.69, 9.17) is 5.73 Å². The van der Waals surface area contributed by atoms with Crippen molar-refractivity contribution in [3.8, 4) is 0 Å². The number of anilines is 1. The van der Waals surface area contributed by atoms with E-state index in [2.05, 4.69) is 12.2 Å². The third-order valence-corrected chi connectivity index (χ3v) is 2.98. The van der Waals surface area contributed by atoms with Gasteiger partial charge >= 0.3 is 0 Å². The summed E-state index contributed by atoms with van der Waals surface area (Å²) in [6, 6.07) is 4.71. The van der Waals surface area contributed by atoms with Crippen LogP contribution in [0.4, 0.5) is 10.1 Å². The number of halogens is 1. The molecule has 3 nitrogen and oxygen atoms in total. The molecule has 0 spiro atoms. The first-order chi connectivity index (χ1) is 8.52. The molecule has 18 heavy (non-hydrogen) atoms. The molecule has 1 unspecified atom stereocenters. The van der Waals surface area contributed by atoms with Crippen molar-refractivity contribution in [2.45, 2.75) is 33.1 Å². The van der Waals surface area contributed by atoms with E-state index in [1.165, 1.54) is 6.07 Å². The molecule has 1 rings (SSSR count). The first kappa shape index (κ1) is 14.6. The van der Waals surface area contributed by atoms with Gasteiger partial charge in [-0.2, -0.15) is 0 Å². The highest BCUT2D eigenvalue weighted by atomic mass is 19.1. The van der Waals surface area contributed by atoms with Gasteiger partial charge in [0.1, 0.15) is 5.82 Å². The number of hydrogen-bond donors (Lipinski definition) is 2. The van der Waals surface area contributed by atoms with Crippen molar-refractivity contribution in [2.24, 2.45) is 11.7 Å². The van der Waals surface area contributed by atoms with Gasteiger partial charge in [0.2, 0.25) is 5.91 Å². The maximum Gasteiger partial charge on any atom is 0.224 e. The van der Waals surface area contributed by atoms with Gasteiger partial charge in [-0.3, -0.25) is 4.79 Å². The van der Waals surface area contributed by atoms with E-state index < -0.39 is 0 Å². The predicted octanol–water partition coefficient (Wildman–Crippen LogP) is 2.84. The second kappa shape index (κ2) is 7.11. The van der Waals surface area contributed by atoms with Crippen molar-refractivity contribution in [3.63, 3.8) is 0 Å². The Labute approximate surface area is 108 Å². The zero-order valence-electron chi connectivity index (χ0n) is 11.0. The average molecular weight is 252 g/mol. The molecule has 4 heteroatoms. The van der Waals surface area contributed by atoms with Crippen molar-refractivity contribution < 1.29 is 9.18 Å². The third-order valence-electron chi connectivity index (χ3n) is 2.98. The average Bonchev–Trinajstić information content (AvgIpc) is 2.32. The molecular weight excluding hydrogens is 231 g/mol. The van der Waals surface area contributed by atoms with E-state index in [0.29, 0.717) is 30.1 Å². The number of carbonyl (C=O) groups excluding carboxylic acids is 1. The van der Waals surface area contributed by atoms with Gasteiger partial charge in [0.05, 0.1) is 0 Å². The number of nitrogens with one attached hydrogen (secondary N) is 1. The van der Waals surface area contributed by atoms with Gasteiger partial charge in [-0.1, -0.05) is 13.0 Å². The summed E-state index contributed by atoms with van der Waals surface area (Å²) >= 11 is 0. The van der Waals surface area contributed by atoms with Crippen molar-refractivity contribution in [1.29, 1.82) is 0 Å². The van der Waals surface area contributed by atoms with Crippen LogP contribution in [0.25, 0.3) is 0 Å². The van der Waals surface area contributed by atoms with E-state index in [1.54, 1.807) is 19.1 Å². The highest BCUT2D eigenvalue weighted by Crippen LogP contribution is 2.15. The Morgan fingerprint density at radius 3 is 2.78 bits per heavy atom. The standard InChI is InChI=1S/C14H21FN2O/c1-10(7-8-16)3-6-14(18)17-12-5-4-11(2)13(15)9-12/h4-5,9-10H,3,6-8,16H2,1-2H3,(H,17,18). The lowest BCUT2D eigenvalue weighted by atomic mass is 10.0. The van der Waals surface area contributed by atoms with Gasteiger partial charge in [-0.05, 0) is 49.9 Å². The van der Waals surface area contributed by atoms with Crippen LogP contribution in [0.2, 0.25) is 0 Å². The topological polar surface area (TPSA) is 55.1 Å². The number of benzene rings is 1. The summed E-state index contributed by atoms with van der Waals surface area (Å²) in [5, 5.41) is 2.70. The normalized spacial score (nSPS) is 12.2. The summed E-state index contributed by atoms with van der Waals surface area (Å²) in [7, 11) is 0. The molecule has 1 atom stereocenters. The fourth-order valence-corrected chi connectivity index (χ4v) is 1.70. The van der Waals surface area contributed by atoms with Crippen LogP contribution in [-0.2, 0) is 4.79 Å². The molecule has 0 fully saturated rings. The first-order valence-corrected chi connectivity index (χ1v) is 6.29. The number of rotatable bonds is 6. The molecule has 1 aromatic rings. The molecule has 0 saturated carbocycles. The lowest BCUT2D eigenvalue weighted by molar-refractivity contribution is -0.116. The van der Waals surface area contributed by atoms with Crippen LogP contribution in [0.5, 0.6) is 0 Å². The van der Waals surface area contributed by atoms with Crippen LogP contribution >= 0.6 is 0 Å². The fraction of sp³-hybridized carbons (Fsp3) is 0.500. The fourth-order valence-electron chi connectivity index (χ4n) is 1.70. The van der Waals surface area contributed by atoms with E-state index in [0.717, 1.165) is 12.8 Å². The Balaban J connectivity index is 2.42. The van der Waals surface area contributed by atoms with Crippen LogP contribution in [0.3, 0.4) is 0 Å². The van der Waals surface area contributed by atoms with Crippen LogP contribution in [-0.4, -0.2) is 12.5 Å². The first-order valence-electron chi connectivity index (χ1n) is 6.29. The Morgan fingerprint density at radius 2 is 2.17 bits per heavy atom. The van der Waals surface area contributed by atoms with E-state index in [-0.39, 0.29) is 11.7 Å². The van der Waals surface area contributed by atoms with Crippen LogP contribution < -0.4 is 11.1 Å². The highest BCUT2D eigenvalue weighted by molar-refractivity contribution is 5.90. The Bertz CT molecular complexity index is 407. The van der Waals surface area contributed by atoms with Crippen LogP contribution in [0.15, 0.2) is 18.2 Å². The lowest BCUT2D eigenvalue weighted by Crippen LogP contribution is -2.14. The van der Waals surface area contributed by atoms with Crippen molar-refractivity contribution in [1.82, 2.24) is 0 Å². The summed E-state index contributed by atoms with van der Waals surface area (Å²) in [4.78, 5) is 11.7. The van der Waals surface area contributed by atoms with Gasteiger partial charge in [-0.15, -0.1) is 0 Å². The third kappa shape index (κ3) is 4.84. The predicted molar refractivity (Wildman–Crippen MR) is 71.8 cm³/mol. The molecule has 0 bridgehead atoms. The number of carbonyl (C=O) groups is 1. The Morgan fingerprint density at radius 1 is 1.44 bits per heavy atom. The summed E-state index contributed by atoms with van der Waals surface area (Å²) in [6.45, 7) is 4.41. The number of aryl methyl sites for hydroxylation is 1. The second-order valence-electron chi connectivity index (χ2n) is 4.73. The SMILES string of the molecule is Cc1ccc(NC(=O)CCC(C)CCN)cc1F. The van der Waals surface area contributed by atoms with E-state index >= 15 is 0 Å². The molecule has 1 aromatic carbocycles. The van der Waals surface area contributed by atoms with Gasteiger partial charge < -0.3 is 11.1 Å². The minimum Gasteiger partial charge on any atom is -0.330 e. The maximum atomic E-state index is 13.3. The van der Waals surface area contributed by atoms with Gasteiger partial charge in [-0.25, -0.2) is 4.39 Å². The molecule has 1 amide bonds. The van der Waals surface area contributed by atoms with E-state index in [9.17, 15) is 9.18 Å². The monoisotopic (exact) mass is 252 g/mol. The number of hydrogen-bond acceptors (Lipinski definition) is 2. The van der Waals surface area contributed by atoms with Crippen molar-refractivity contribution in [3.05, 3.63) is 29.6 Å². The minimum atomic E-state index is -0.302. The van der Waals surface area contributed by atoms with Crippen LogP contribution in [0.1, 0.15) is 31.7 Å². The van der Waals surface area contributed by atoms with Crippen LogP contribution in [0, 0.1) is 18.7 Å². The van der Waals surface area contributed by atoms with Gasteiger partial charge in [0.15, 0.2) is 0 Å². The largest absolute Gasteiger partial charge is 0.330 e. The van der Waals surface area contributed by atoms with Crippen molar-refractivity contribution >= 4 is 11.6 Å². The summed E-state index contributed by atoms with van der Waals surface area (Å²) in [5.74, 6) is 0.0573. The zero-order chi connectivity index (χ0) is 13.5. The van der Waals surface area contributed by atoms with Gasteiger partial charge in [0.25, 0.3) is 0 Å². The molecule has 100 valence electrons. The summed E-state index contributed by atoms with van der Waals surface area (Å²) in [5.41, 5.74) is 6.53. The lowest BCUT2D eigenvalue weighted by Gasteiger charge is -2.10. The molecule has 0 aliphatic heterocycles. The molecule has 0 aliphatic carbocycles. The molecule has 0 aromatic heterocycles. The minimum absolute atomic E-state index is 0.0814. The number of amides is 1. The molecule has 0 saturated heterocycles. The second-order valence-corrected chi connectivity index (χ2v) is 4.73. The molecule has 0 heterocycles. The van der Waals surface area contributed by atoms with E-state index in [1.807, 2.05) is 0 Å². The zero-order valence-corrected chi connectivity index (χ0v) is 11.0. The molecule has 3 N–H and O–H groups in total. The highest BCUT2D eigenvalue weighted by Gasteiger charge is 2.07. The summed E-state index contributed by atoms with van der Waals surface area (Å²) < 4.78 is 13.3. The molecular formula is C14H21FN2O. The maximum absolute atomic E-state index is 13.3. The molecule has 0 aliphatic rings. The summed E-state index contributed by atoms with van der Waals surface area (Å²) in [6.07, 6.45) is 2.17. The smallest absolute Gasteiger partial charge is 0.224 e. The molecule has 0 radical (unpaired) electrons. The number of nitrogens with two attached hydrogens (primary N) is 1. The Kier molecular flexibility index (Phi) is 5.78.